The number of halogens is 1. The highest BCUT2D eigenvalue weighted by Crippen LogP contribution is 2.19. The van der Waals surface area contributed by atoms with Gasteiger partial charge in [-0.1, -0.05) is 0 Å². The summed E-state index contributed by atoms with van der Waals surface area (Å²) in [4.78, 5) is 14.1. The maximum Gasteiger partial charge on any atom is 0.215 e. The molecule has 2 rings (SSSR count). The number of aromatic amines is 1. The van der Waals surface area contributed by atoms with Gasteiger partial charge in [-0.25, -0.2) is 0 Å². The number of nitrogens with one attached hydrogen (secondary N) is 1. The van der Waals surface area contributed by atoms with Crippen molar-refractivity contribution in [2.75, 3.05) is 5.73 Å². The summed E-state index contributed by atoms with van der Waals surface area (Å²) in [6, 6.07) is 1.59. The van der Waals surface area contributed by atoms with Crippen LogP contribution in [-0.4, -0.2) is 4.98 Å². The standard InChI is InChI=1S/C7H5BrN2O2/c8-5-1-3-6(11)4(9)2-10-7(3)12-5/h1-2H,9H2,(H,10,11). The third kappa shape index (κ3) is 0.937. The van der Waals surface area contributed by atoms with Gasteiger partial charge < -0.3 is 15.1 Å². The minimum absolute atomic E-state index is 0.191. The molecule has 0 amide bonds. The number of hydrogen-bond acceptors (Lipinski definition) is 3. The van der Waals surface area contributed by atoms with Crippen molar-refractivity contribution in [3.05, 3.63) is 27.2 Å². The average Bonchev–Trinajstić information content (AvgIpc) is 2.39. The van der Waals surface area contributed by atoms with Crippen LogP contribution in [-0.2, 0) is 0 Å². The summed E-state index contributed by atoms with van der Waals surface area (Å²) in [6.45, 7) is 0. The average molecular weight is 229 g/mol. The highest BCUT2D eigenvalue weighted by atomic mass is 79.9. The topological polar surface area (TPSA) is 72.0 Å². The van der Waals surface area contributed by atoms with Gasteiger partial charge in [-0.3, -0.25) is 4.79 Å². The van der Waals surface area contributed by atoms with E-state index in [2.05, 4.69) is 20.9 Å². The fourth-order valence-corrected chi connectivity index (χ4v) is 1.39. The number of anilines is 1. The Labute approximate surface area is 75.5 Å². The van der Waals surface area contributed by atoms with E-state index in [9.17, 15) is 4.79 Å². The number of H-pyrrole nitrogens is 1. The Morgan fingerprint density at radius 2 is 2.33 bits per heavy atom. The number of hydrogen-bond donors (Lipinski definition) is 2. The molecule has 0 fully saturated rings. The second-order valence-corrected chi connectivity index (χ2v) is 3.15. The van der Waals surface area contributed by atoms with Crippen LogP contribution in [0.2, 0.25) is 0 Å². The molecule has 0 spiro atoms. The van der Waals surface area contributed by atoms with Crippen molar-refractivity contribution in [3.8, 4) is 0 Å². The second-order valence-electron chi connectivity index (χ2n) is 2.37. The molecule has 2 heterocycles. The number of pyridine rings is 1. The smallest absolute Gasteiger partial charge is 0.215 e. The highest BCUT2D eigenvalue weighted by molar-refractivity contribution is 9.10. The van der Waals surface area contributed by atoms with Crippen LogP contribution in [0, 0.1) is 0 Å². The second kappa shape index (κ2) is 2.38. The summed E-state index contributed by atoms with van der Waals surface area (Å²) in [7, 11) is 0. The van der Waals surface area contributed by atoms with Crippen LogP contribution < -0.4 is 11.2 Å². The van der Waals surface area contributed by atoms with Gasteiger partial charge in [0, 0.05) is 12.3 Å². The van der Waals surface area contributed by atoms with E-state index in [1.165, 1.54) is 6.20 Å². The molecule has 2 aromatic rings. The summed E-state index contributed by atoms with van der Waals surface area (Å²) in [5.41, 5.74) is 5.81. The van der Waals surface area contributed by atoms with Gasteiger partial charge in [-0.2, -0.15) is 0 Å². The Hall–Kier alpha value is -1.23. The Morgan fingerprint density at radius 3 is 3.08 bits per heavy atom. The van der Waals surface area contributed by atoms with Crippen molar-refractivity contribution in [1.82, 2.24) is 4.98 Å². The van der Waals surface area contributed by atoms with Crippen molar-refractivity contribution in [2.24, 2.45) is 0 Å². The lowest BCUT2D eigenvalue weighted by atomic mass is 10.3. The van der Waals surface area contributed by atoms with Crippen molar-refractivity contribution < 1.29 is 4.42 Å². The summed E-state index contributed by atoms with van der Waals surface area (Å²) >= 11 is 3.12. The van der Waals surface area contributed by atoms with Gasteiger partial charge in [0.15, 0.2) is 4.67 Å². The molecule has 0 unspecified atom stereocenters. The number of nitrogens with two attached hydrogens (primary N) is 1. The molecule has 0 bridgehead atoms. The van der Waals surface area contributed by atoms with Crippen LogP contribution in [0.1, 0.15) is 0 Å². The fourth-order valence-electron chi connectivity index (χ4n) is 1.00. The maximum atomic E-state index is 11.3. The van der Waals surface area contributed by atoms with Crippen LogP contribution >= 0.6 is 15.9 Å². The van der Waals surface area contributed by atoms with Crippen LogP contribution in [0.25, 0.3) is 11.1 Å². The molecule has 0 aromatic carbocycles. The van der Waals surface area contributed by atoms with E-state index in [-0.39, 0.29) is 11.1 Å². The number of furan rings is 1. The van der Waals surface area contributed by atoms with Gasteiger partial charge in [0.1, 0.15) is 0 Å². The third-order valence-corrected chi connectivity index (χ3v) is 1.96. The van der Waals surface area contributed by atoms with Gasteiger partial charge in [-0.05, 0) is 15.9 Å². The molecule has 4 nitrogen and oxygen atoms in total. The lowest BCUT2D eigenvalue weighted by Gasteiger charge is -1.89. The molecular formula is C7H5BrN2O2. The molecule has 0 radical (unpaired) electrons. The van der Waals surface area contributed by atoms with Crippen molar-refractivity contribution >= 4 is 32.7 Å². The molecular weight excluding hydrogens is 224 g/mol. The number of fused-ring (bicyclic) bond motifs is 1. The summed E-state index contributed by atoms with van der Waals surface area (Å²) in [6.07, 6.45) is 1.42. The number of nitrogen functional groups attached to an aromatic ring is 1. The van der Waals surface area contributed by atoms with Crippen molar-refractivity contribution in [2.45, 2.75) is 0 Å². The van der Waals surface area contributed by atoms with Crippen molar-refractivity contribution in [3.63, 3.8) is 0 Å². The molecule has 62 valence electrons. The Bertz CT molecular complexity index is 486. The molecule has 12 heavy (non-hydrogen) atoms. The lowest BCUT2D eigenvalue weighted by molar-refractivity contribution is 0.576. The zero-order valence-electron chi connectivity index (χ0n) is 5.93. The quantitative estimate of drug-likeness (QED) is 0.718. The Kier molecular flexibility index (Phi) is 1.47. The third-order valence-electron chi connectivity index (χ3n) is 1.57. The van der Waals surface area contributed by atoms with E-state index in [4.69, 9.17) is 10.2 Å². The van der Waals surface area contributed by atoms with E-state index in [1.807, 2.05) is 0 Å². The van der Waals surface area contributed by atoms with Crippen molar-refractivity contribution in [1.29, 1.82) is 0 Å². The molecule has 0 saturated carbocycles. The van der Waals surface area contributed by atoms with Crippen LogP contribution in [0.4, 0.5) is 5.69 Å². The molecule has 0 atom stereocenters. The predicted octanol–water partition coefficient (Wildman–Crippen LogP) is 1.47. The largest absolute Gasteiger partial charge is 0.433 e. The van der Waals surface area contributed by atoms with E-state index in [1.54, 1.807) is 6.07 Å². The maximum absolute atomic E-state index is 11.3. The van der Waals surface area contributed by atoms with E-state index >= 15 is 0 Å². The minimum Gasteiger partial charge on any atom is -0.433 e. The molecule has 0 aliphatic heterocycles. The first-order valence-corrected chi connectivity index (χ1v) is 4.04. The van der Waals surface area contributed by atoms with Crippen LogP contribution in [0.15, 0.2) is 26.1 Å². The van der Waals surface area contributed by atoms with Gasteiger partial charge in [-0.15, -0.1) is 0 Å². The number of aromatic nitrogens is 1. The predicted molar refractivity (Wildman–Crippen MR) is 48.9 cm³/mol. The van der Waals surface area contributed by atoms with E-state index in [0.29, 0.717) is 15.8 Å². The fraction of sp³-hybridized carbons (Fsp3) is 0. The molecule has 2 aromatic heterocycles. The minimum atomic E-state index is -0.210. The van der Waals surface area contributed by atoms with Gasteiger partial charge in [0.25, 0.3) is 0 Å². The zero-order chi connectivity index (χ0) is 8.72. The van der Waals surface area contributed by atoms with Gasteiger partial charge in [0.05, 0.1) is 11.1 Å². The van der Waals surface area contributed by atoms with Crippen LogP contribution in [0.3, 0.4) is 0 Å². The highest BCUT2D eigenvalue weighted by Gasteiger charge is 2.06. The molecule has 0 aliphatic rings. The molecule has 0 aliphatic carbocycles. The van der Waals surface area contributed by atoms with E-state index in [0.717, 1.165) is 0 Å². The normalized spacial score (nSPS) is 10.8. The molecule has 3 N–H and O–H groups in total. The van der Waals surface area contributed by atoms with Gasteiger partial charge >= 0.3 is 0 Å². The monoisotopic (exact) mass is 228 g/mol. The first-order chi connectivity index (χ1) is 5.68. The summed E-state index contributed by atoms with van der Waals surface area (Å²) in [5, 5.41) is 0.460. The lowest BCUT2D eigenvalue weighted by Crippen LogP contribution is -2.07. The Morgan fingerprint density at radius 1 is 1.58 bits per heavy atom. The Balaban J connectivity index is 2.99. The first kappa shape index (κ1) is 7.42. The summed E-state index contributed by atoms with van der Waals surface area (Å²) < 4.78 is 5.62. The molecule has 0 saturated heterocycles. The SMILES string of the molecule is Nc1c[nH]c2oc(Br)cc2c1=O. The summed E-state index contributed by atoms with van der Waals surface area (Å²) in [5.74, 6) is 0. The first-order valence-electron chi connectivity index (χ1n) is 3.24. The van der Waals surface area contributed by atoms with Crippen LogP contribution in [0.5, 0.6) is 0 Å². The van der Waals surface area contributed by atoms with Gasteiger partial charge in [0.2, 0.25) is 11.1 Å². The van der Waals surface area contributed by atoms with E-state index < -0.39 is 0 Å². The number of rotatable bonds is 0. The molecule has 5 heteroatoms. The zero-order valence-corrected chi connectivity index (χ0v) is 7.51.